The molecule has 0 amide bonds. The third-order valence-corrected chi connectivity index (χ3v) is 7.41. The fourth-order valence-corrected chi connectivity index (χ4v) is 4.88. The molecule has 0 bridgehead atoms. The molecule has 2 heterocycles. The van der Waals surface area contributed by atoms with Gasteiger partial charge in [0.15, 0.2) is 0 Å². The quantitative estimate of drug-likeness (QED) is 0.128. The van der Waals surface area contributed by atoms with Crippen LogP contribution in [0.3, 0.4) is 0 Å². The Hall–Kier alpha value is -3.75. The molecule has 1 N–H and O–H groups in total. The summed E-state index contributed by atoms with van der Waals surface area (Å²) in [6.07, 6.45) is 9.76. The number of methoxy groups -OCH3 is 1. The molecule has 4 rings (SSSR count). The molecule has 0 aliphatic carbocycles. The molecule has 216 valence electrons. The van der Waals surface area contributed by atoms with Crippen molar-refractivity contribution in [3.63, 3.8) is 0 Å². The summed E-state index contributed by atoms with van der Waals surface area (Å²) >= 11 is 6.57. The van der Waals surface area contributed by atoms with Gasteiger partial charge < -0.3 is 15.0 Å². The van der Waals surface area contributed by atoms with Crippen molar-refractivity contribution in [2.45, 2.75) is 33.2 Å². The lowest BCUT2D eigenvalue weighted by Gasteiger charge is -2.35. The molecule has 1 aliphatic rings. The maximum absolute atomic E-state index is 14.3. The van der Waals surface area contributed by atoms with Crippen molar-refractivity contribution in [3.05, 3.63) is 89.0 Å². The maximum atomic E-state index is 14.3. The number of fused-ring (bicyclic) bond motifs is 1. The molecule has 1 aliphatic heterocycles. The minimum atomic E-state index is -0.264. The van der Waals surface area contributed by atoms with Crippen LogP contribution in [-0.4, -0.2) is 66.4 Å². The second-order valence-corrected chi connectivity index (χ2v) is 10.4. The number of pyridine rings is 1. The molecule has 41 heavy (non-hydrogen) atoms. The number of nitrogens with one attached hydrogen (secondary N) is 1. The Bertz CT molecular complexity index is 1450. The zero-order valence-electron chi connectivity index (χ0n) is 23.9. The van der Waals surface area contributed by atoms with Crippen LogP contribution in [-0.2, 0) is 16.1 Å². The third-order valence-electron chi connectivity index (χ3n) is 7.12. The van der Waals surface area contributed by atoms with Crippen LogP contribution in [0.2, 0.25) is 5.02 Å². The van der Waals surface area contributed by atoms with Gasteiger partial charge in [-0.05, 0) is 42.7 Å². The monoisotopic (exact) mass is 577 g/mol. The Labute approximate surface area is 246 Å². The van der Waals surface area contributed by atoms with Gasteiger partial charge in [-0.15, -0.1) is 0 Å². The van der Waals surface area contributed by atoms with Crippen LogP contribution in [0.4, 0.5) is 10.1 Å². The van der Waals surface area contributed by atoms with E-state index in [-0.39, 0.29) is 11.8 Å². The summed E-state index contributed by atoms with van der Waals surface area (Å²) in [5.41, 5.74) is 3.99. The first-order valence-corrected chi connectivity index (χ1v) is 14.3. The van der Waals surface area contributed by atoms with Crippen LogP contribution in [0.1, 0.15) is 37.8 Å². The summed E-state index contributed by atoms with van der Waals surface area (Å²) in [5.74, 6) is 0.439. The molecule has 0 atom stereocenters. The van der Waals surface area contributed by atoms with Crippen LogP contribution >= 0.6 is 11.6 Å². The first-order valence-electron chi connectivity index (χ1n) is 13.9. The topological polar surface area (TPSA) is 70.1 Å². The Morgan fingerprint density at radius 2 is 1.98 bits per heavy atom. The van der Waals surface area contributed by atoms with Crippen molar-refractivity contribution < 1.29 is 13.9 Å². The molecule has 3 aromatic rings. The van der Waals surface area contributed by atoms with Crippen molar-refractivity contribution >= 4 is 45.6 Å². The predicted octanol–water partition coefficient (Wildman–Crippen LogP) is 6.55. The first kappa shape index (κ1) is 30.2. The molecule has 9 heteroatoms. The summed E-state index contributed by atoms with van der Waals surface area (Å²) in [6, 6.07) is 12.7. The van der Waals surface area contributed by atoms with Crippen molar-refractivity contribution in [1.82, 2.24) is 14.8 Å². The highest BCUT2D eigenvalue weighted by molar-refractivity contribution is 6.34. The van der Waals surface area contributed by atoms with E-state index >= 15 is 0 Å². The number of anilines is 1. The van der Waals surface area contributed by atoms with Crippen LogP contribution < -0.4 is 5.32 Å². The summed E-state index contributed by atoms with van der Waals surface area (Å²) in [4.78, 5) is 25.3. The number of allylic oxidation sites excluding steroid dienone is 3. The van der Waals surface area contributed by atoms with Gasteiger partial charge in [-0.2, -0.15) is 0 Å². The standard InChI is InChI=1S/C32H37ClFN5O2/c1-4-5-6-9-25(19-35-23(2)39-16-14-38(15-17-39)22-31(40)41-3)24-12-13-30-27(18-24)32(28(33)21-36-30)37-20-26-10-7-8-11-29(26)34/h6-13,18-19,21H,4-5,14-17,20,22H2,1-3H3,(H,36,37)/b9-6+,25-19+,35-23?. The average molecular weight is 578 g/mol. The van der Waals surface area contributed by atoms with Crippen LogP contribution in [0.5, 0.6) is 0 Å². The first-order chi connectivity index (χ1) is 19.9. The number of unbranched alkanes of at least 4 members (excludes halogenated alkanes) is 1. The Morgan fingerprint density at radius 3 is 2.71 bits per heavy atom. The van der Waals surface area contributed by atoms with Gasteiger partial charge in [0, 0.05) is 56.1 Å². The molecule has 2 aromatic carbocycles. The minimum absolute atomic E-state index is 0.215. The van der Waals surface area contributed by atoms with Gasteiger partial charge in [0.1, 0.15) is 11.7 Å². The number of halogens is 2. The van der Waals surface area contributed by atoms with E-state index in [2.05, 4.69) is 45.2 Å². The highest BCUT2D eigenvalue weighted by atomic mass is 35.5. The molecule has 0 saturated carbocycles. The van der Waals surface area contributed by atoms with E-state index in [1.165, 1.54) is 13.2 Å². The second-order valence-electron chi connectivity index (χ2n) is 9.95. The molecule has 0 radical (unpaired) electrons. The number of hydrogen-bond acceptors (Lipinski definition) is 6. The number of esters is 1. The lowest BCUT2D eigenvalue weighted by Crippen LogP contribution is -2.49. The van der Waals surface area contributed by atoms with E-state index in [0.717, 1.165) is 66.9 Å². The van der Waals surface area contributed by atoms with Crippen molar-refractivity contribution in [2.75, 3.05) is 45.2 Å². The Balaban J connectivity index is 1.59. The number of hydrogen-bond donors (Lipinski definition) is 1. The van der Waals surface area contributed by atoms with E-state index in [9.17, 15) is 9.18 Å². The number of amidine groups is 1. The maximum Gasteiger partial charge on any atom is 0.319 e. The van der Waals surface area contributed by atoms with Crippen LogP contribution in [0, 0.1) is 5.82 Å². The second kappa shape index (κ2) is 14.8. The highest BCUT2D eigenvalue weighted by Crippen LogP contribution is 2.32. The van der Waals surface area contributed by atoms with E-state index < -0.39 is 0 Å². The average Bonchev–Trinajstić information content (AvgIpc) is 2.99. The fraction of sp³-hybridized carbons (Fsp3) is 0.344. The number of carbonyl (C=O) groups excluding carboxylic acids is 1. The van der Waals surface area contributed by atoms with E-state index in [4.69, 9.17) is 21.3 Å². The summed E-state index contributed by atoms with van der Waals surface area (Å²) < 4.78 is 19.0. The molecule has 7 nitrogen and oxygen atoms in total. The number of carbonyl (C=O) groups is 1. The number of ether oxygens (including phenoxy) is 1. The van der Waals surface area contributed by atoms with Crippen LogP contribution in [0.25, 0.3) is 16.5 Å². The zero-order valence-corrected chi connectivity index (χ0v) is 24.6. The van der Waals surface area contributed by atoms with Gasteiger partial charge in [0.25, 0.3) is 0 Å². The SMILES string of the molecule is CCC/C=C/C(=C\N=C(C)N1CCN(CC(=O)OC)CC1)c1ccc2ncc(Cl)c(NCc3ccccc3F)c2c1. The van der Waals surface area contributed by atoms with Crippen LogP contribution in [0.15, 0.2) is 72.0 Å². The number of piperazine rings is 1. The van der Waals surface area contributed by atoms with Gasteiger partial charge in [0.05, 0.1) is 29.9 Å². The summed E-state index contributed by atoms with van der Waals surface area (Å²) in [7, 11) is 1.41. The smallest absolute Gasteiger partial charge is 0.319 e. The number of benzene rings is 2. The Kier molecular flexibility index (Phi) is 10.9. The van der Waals surface area contributed by atoms with Crippen molar-refractivity contribution in [1.29, 1.82) is 0 Å². The van der Waals surface area contributed by atoms with Gasteiger partial charge in [-0.25, -0.2) is 9.38 Å². The van der Waals surface area contributed by atoms with Gasteiger partial charge in [-0.1, -0.05) is 61.4 Å². The number of aromatic nitrogens is 1. The zero-order chi connectivity index (χ0) is 29.2. The predicted molar refractivity (Wildman–Crippen MR) is 166 cm³/mol. The molecule has 1 fully saturated rings. The van der Waals surface area contributed by atoms with Gasteiger partial charge in [-0.3, -0.25) is 14.7 Å². The van der Waals surface area contributed by atoms with Gasteiger partial charge in [0.2, 0.25) is 0 Å². The lowest BCUT2D eigenvalue weighted by atomic mass is 10.0. The van der Waals surface area contributed by atoms with Crippen molar-refractivity contribution in [3.8, 4) is 0 Å². The Morgan fingerprint density at radius 1 is 1.20 bits per heavy atom. The third kappa shape index (κ3) is 8.15. The molecule has 1 aromatic heterocycles. The van der Waals surface area contributed by atoms with Crippen molar-refractivity contribution in [2.24, 2.45) is 4.99 Å². The van der Waals surface area contributed by atoms with E-state index in [1.54, 1.807) is 18.3 Å². The summed E-state index contributed by atoms with van der Waals surface area (Å²) in [5, 5.41) is 4.65. The van der Waals surface area contributed by atoms with E-state index in [0.29, 0.717) is 29.4 Å². The molecular weight excluding hydrogens is 541 g/mol. The molecular formula is C32H37ClFN5O2. The minimum Gasteiger partial charge on any atom is -0.468 e. The highest BCUT2D eigenvalue weighted by Gasteiger charge is 2.19. The summed E-state index contributed by atoms with van der Waals surface area (Å²) in [6.45, 7) is 7.89. The van der Waals surface area contributed by atoms with E-state index in [1.807, 2.05) is 31.3 Å². The number of nitrogens with zero attached hydrogens (tertiary/aromatic N) is 4. The number of aliphatic imine (C=N–C) groups is 1. The largest absolute Gasteiger partial charge is 0.468 e. The number of rotatable bonds is 10. The molecule has 0 unspecified atom stereocenters. The molecule has 1 saturated heterocycles. The normalized spacial score (nSPS) is 15.1. The fourth-order valence-electron chi connectivity index (χ4n) is 4.66. The molecule has 0 spiro atoms. The van der Waals surface area contributed by atoms with Gasteiger partial charge >= 0.3 is 5.97 Å². The lowest BCUT2D eigenvalue weighted by molar-refractivity contribution is -0.142.